The minimum Gasteiger partial charge on any atom is -0.399 e. The molecule has 0 unspecified atom stereocenters. The predicted octanol–water partition coefficient (Wildman–Crippen LogP) is 3.85. The number of rotatable bonds is 4. The van der Waals surface area contributed by atoms with Crippen molar-refractivity contribution in [2.24, 2.45) is 5.92 Å². The monoisotopic (exact) mass is 304 g/mol. The Morgan fingerprint density at radius 3 is 2.32 bits per heavy atom. The van der Waals surface area contributed by atoms with Gasteiger partial charge in [0, 0.05) is 18.3 Å². The van der Waals surface area contributed by atoms with E-state index in [-0.39, 0.29) is 24.4 Å². The van der Waals surface area contributed by atoms with Gasteiger partial charge in [0.25, 0.3) is 5.91 Å². The molecule has 19 heavy (non-hydrogen) atoms. The van der Waals surface area contributed by atoms with Crippen molar-refractivity contribution in [3.8, 4) is 0 Å². The topological polar surface area (TPSA) is 46.3 Å². The molecule has 0 fully saturated rings. The van der Waals surface area contributed by atoms with Crippen molar-refractivity contribution in [1.82, 2.24) is 4.90 Å². The third kappa shape index (κ3) is 4.92. The summed E-state index contributed by atoms with van der Waals surface area (Å²) in [6, 6.07) is 5.15. The summed E-state index contributed by atoms with van der Waals surface area (Å²) in [6.07, 6.45) is 0. The molecule has 1 aromatic rings. The summed E-state index contributed by atoms with van der Waals surface area (Å²) in [7, 11) is 0. The number of anilines is 1. The molecule has 1 aromatic carbocycles. The Balaban J connectivity index is 0.00000324. The molecular weight excluding hydrogens is 283 g/mol. The third-order valence-corrected chi connectivity index (χ3v) is 2.98. The predicted molar refractivity (Wildman–Crippen MR) is 84.1 cm³/mol. The number of amides is 1. The maximum absolute atomic E-state index is 12.5. The Kier molecular flexibility index (Phi) is 7.24. The van der Waals surface area contributed by atoms with E-state index in [1.807, 2.05) is 18.7 Å². The first-order chi connectivity index (χ1) is 8.32. The van der Waals surface area contributed by atoms with Crippen LogP contribution in [0.5, 0.6) is 0 Å². The van der Waals surface area contributed by atoms with Gasteiger partial charge in [0.05, 0.1) is 10.6 Å². The lowest BCUT2D eigenvalue weighted by Crippen LogP contribution is -2.39. The lowest BCUT2D eigenvalue weighted by molar-refractivity contribution is 0.0682. The number of nitrogens with zero attached hydrogens (tertiary/aromatic N) is 1. The smallest absolute Gasteiger partial charge is 0.255 e. The van der Waals surface area contributed by atoms with Crippen molar-refractivity contribution in [2.75, 3.05) is 12.3 Å². The maximum atomic E-state index is 12.5. The summed E-state index contributed by atoms with van der Waals surface area (Å²) in [5.74, 6) is 0.382. The number of benzene rings is 1. The highest BCUT2D eigenvalue weighted by Crippen LogP contribution is 2.22. The molecule has 0 heterocycles. The molecule has 0 radical (unpaired) electrons. The van der Waals surface area contributed by atoms with Gasteiger partial charge < -0.3 is 10.6 Å². The van der Waals surface area contributed by atoms with Gasteiger partial charge in [-0.05, 0) is 38.0 Å². The van der Waals surface area contributed by atoms with E-state index in [2.05, 4.69) is 13.8 Å². The average Bonchev–Trinajstić information content (AvgIpc) is 2.24. The molecule has 5 heteroatoms. The number of hydrogen-bond donors (Lipinski definition) is 1. The summed E-state index contributed by atoms with van der Waals surface area (Å²) in [4.78, 5) is 14.3. The highest BCUT2D eigenvalue weighted by molar-refractivity contribution is 6.34. The quantitative estimate of drug-likeness (QED) is 0.859. The van der Waals surface area contributed by atoms with Crippen molar-refractivity contribution in [3.05, 3.63) is 28.8 Å². The Hall–Kier alpha value is -0.930. The van der Waals surface area contributed by atoms with E-state index in [1.165, 1.54) is 0 Å². The number of halogens is 2. The van der Waals surface area contributed by atoms with E-state index >= 15 is 0 Å². The van der Waals surface area contributed by atoms with E-state index in [4.69, 9.17) is 17.3 Å². The molecular formula is C14H22Cl2N2O. The first kappa shape index (κ1) is 18.1. The molecule has 2 N–H and O–H groups in total. The molecule has 0 spiro atoms. The normalized spacial score (nSPS) is 10.5. The number of nitrogen functional groups attached to an aromatic ring is 1. The molecule has 0 aliphatic heterocycles. The summed E-state index contributed by atoms with van der Waals surface area (Å²) in [5, 5.41) is 0.411. The Morgan fingerprint density at radius 1 is 1.32 bits per heavy atom. The largest absolute Gasteiger partial charge is 0.399 e. The van der Waals surface area contributed by atoms with Crippen molar-refractivity contribution >= 4 is 35.6 Å². The van der Waals surface area contributed by atoms with Gasteiger partial charge in [-0.3, -0.25) is 4.79 Å². The van der Waals surface area contributed by atoms with Gasteiger partial charge in [-0.1, -0.05) is 25.4 Å². The maximum Gasteiger partial charge on any atom is 0.255 e. The van der Waals surface area contributed by atoms with Crippen LogP contribution in [0.1, 0.15) is 38.1 Å². The second-order valence-electron chi connectivity index (χ2n) is 5.18. The molecule has 0 aliphatic rings. The lowest BCUT2D eigenvalue weighted by Gasteiger charge is -2.29. The van der Waals surface area contributed by atoms with Gasteiger partial charge in [0.15, 0.2) is 0 Å². The van der Waals surface area contributed by atoms with Crippen molar-refractivity contribution in [2.45, 2.75) is 33.7 Å². The number of carbonyl (C=O) groups excluding carboxylic acids is 1. The Morgan fingerprint density at radius 2 is 1.89 bits per heavy atom. The standard InChI is InChI=1S/C14H21ClN2O.ClH/c1-9(2)8-17(10(3)4)14(18)12-6-5-11(16)7-13(12)15;/h5-7,9-10H,8,16H2,1-4H3;1H. The van der Waals surface area contributed by atoms with E-state index < -0.39 is 0 Å². The molecule has 0 atom stereocenters. The number of carbonyl (C=O) groups is 1. The number of nitrogens with two attached hydrogens (primary N) is 1. The van der Waals surface area contributed by atoms with E-state index in [9.17, 15) is 4.79 Å². The van der Waals surface area contributed by atoms with Gasteiger partial charge in [-0.2, -0.15) is 0 Å². The van der Waals surface area contributed by atoms with Crippen LogP contribution in [0.15, 0.2) is 18.2 Å². The Labute approximate surface area is 126 Å². The minimum atomic E-state index is -0.0382. The fourth-order valence-electron chi connectivity index (χ4n) is 1.78. The second kappa shape index (κ2) is 7.61. The van der Waals surface area contributed by atoms with Crippen LogP contribution in [0.25, 0.3) is 0 Å². The van der Waals surface area contributed by atoms with Crippen molar-refractivity contribution in [1.29, 1.82) is 0 Å². The molecule has 0 bridgehead atoms. The van der Waals surface area contributed by atoms with Gasteiger partial charge >= 0.3 is 0 Å². The van der Waals surface area contributed by atoms with E-state index in [1.54, 1.807) is 18.2 Å². The molecule has 0 aliphatic carbocycles. The fraction of sp³-hybridized carbons (Fsp3) is 0.500. The molecule has 108 valence electrons. The first-order valence-electron chi connectivity index (χ1n) is 6.19. The van der Waals surface area contributed by atoms with Gasteiger partial charge in [-0.15, -0.1) is 12.4 Å². The zero-order valence-electron chi connectivity index (χ0n) is 11.8. The molecule has 0 saturated heterocycles. The van der Waals surface area contributed by atoms with Crippen LogP contribution in [0.2, 0.25) is 5.02 Å². The zero-order chi connectivity index (χ0) is 13.9. The SMILES string of the molecule is CC(C)CN(C(=O)c1ccc(N)cc1Cl)C(C)C.Cl. The first-order valence-corrected chi connectivity index (χ1v) is 6.56. The van der Waals surface area contributed by atoms with Crippen LogP contribution in [-0.2, 0) is 0 Å². The molecule has 0 saturated carbocycles. The van der Waals surface area contributed by atoms with Crippen LogP contribution in [0.4, 0.5) is 5.69 Å². The van der Waals surface area contributed by atoms with Crippen LogP contribution in [-0.4, -0.2) is 23.4 Å². The van der Waals surface area contributed by atoms with Gasteiger partial charge in [-0.25, -0.2) is 0 Å². The highest BCUT2D eigenvalue weighted by atomic mass is 35.5. The summed E-state index contributed by atoms with van der Waals surface area (Å²) in [6.45, 7) is 8.91. The fourth-order valence-corrected chi connectivity index (χ4v) is 2.05. The Bertz CT molecular complexity index is 433. The summed E-state index contributed by atoms with van der Waals surface area (Å²) in [5.41, 5.74) is 6.72. The molecule has 3 nitrogen and oxygen atoms in total. The zero-order valence-corrected chi connectivity index (χ0v) is 13.4. The summed E-state index contributed by atoms with van der Waals surface area (Å²) >= 11 is 6.08. The van der Waals surface area contributed by atoms with Gasteiger partial charge in [0.2, 0.25) is 0 Å². The minimum absolute atomic E-state index is 0. The van der Waals surface area contributed by atoms with Crippen LogP contribution in [0.3, 0.4) is 0 Å². The molecule has 1 amide bonds. The molecule has 0 aromatic heterocycles. The number of hydrogen-bond acceptors (Lipinski definition) is 2. The highest BCUT2D eigenvalue weighted by Gasteiger charge is 2.21. The average molecular weight is 305 g/mol. The van der Waals surface area contributed by atoms with Crippen LogP contribution >= 0.6 is 24.0 Å². The van der Waals surface area contributed by atoms with Gasteiger partial charge in [0.1, 0.15) is 0 Å². The van der Waals surface area contributed by atoms with Crippen LogP contribution < -0.4 is 5.73 Å². The second-order valence-corrected chi connectivity index (χ2v) is 5.59. The van der Waals surface area contributed by atoms with E-state index in [0.717, 1.165) is 6.54 Å². The lowest BCUT2D eigenvalue weighted by atomic mass is 10.1. The summed E-state index contributed by atoms with van der Waals surface area (Å²) < 4.78 is 0. The third-order valence-electron chi connectivity index (χ3n) is 2.67. The van der Waals surface area contributed by atoms with Crippen molar-refractivity contribution < 1.29 is 4.79 Å². The van der Waals surface area contributed by atoms with Crippen LogP contribution in [0, 0.1) is 5.92 Å². The molecule has 1 rings (SSSR count). The van der Waals surface area contributed by atoms with Crippen molar-refractivity contribution in [3.63, 3.8) is 0 Å². The van der Waals surface area contributed by atoms with E-state index in [0.29, 0.717) is 22.2 Å².